The second-order valence-corrected chi connectivity index (χ2v) is 10.5. The maximum atomic E-state index is 12.9. The summed E-state index contributed by atoms with van der Waals surface area (Å²) in [6.07, 6.45) is 3.46. The molecule has 1 aliphatic rings. The quantitative estimate of drug-likeness (QED) is 0.476. The summed E-state index contributed by atoms with van der Waals surface area (Å²) in [7, 11) is -0.397. The number of fused-ring (bicyclic) bond motifs is 1. The van der Waals surface area contributed by atoms with Crippen molar-refractivity contribution in [1.82, 2.24) is 8.87 Å². The van der Waals surface area contributed by atoms with Crippen molar-refractivity contribution >= 4 is 37.5 Å². The van der Waals surface area contributed by atoms with E-state index < -0.39 is 15.9 Å². The van der Waals surface area contributed by atoms with E-state index in [1.165, 1.54) is 39.9 Å². The van der Waals surface area contributed by atoms with Crippen molar-refractivity contribution in [3.05, 3.63) is 59.4 Å². The monoisotopic (exact) mass is 487 g/mol. The number of allylic oxidation sites excluding steroid dienone is 1. The molecule has 1 aliphatic heterocycles. The number of amides is 1. The largest absolute Gasteiger partial charge is 0.493 e. The van der Waals surface area contributed by atoms with Crippen molar-refractivity contribution in [2.24, 2.45) is 4.99 Å². The zero-order valence-electron chi connectivity index (χ0n) is 18.5. The van der Waals surface area contributed by atoms with Crippen LogP contribution < -0.4 is 14.3 Å². The predicted octanol–water partition coefficient (Wildman–Crippen LogP) is 3.43. The molecule has 0 aliphatic carbocycles. The molecule has 4 rings (SSSR count). The molecule has 0 saturated carbocycles. The van der Waals surface area contributed by atoms with Crippen LogP contribution in [0.25, 0.3) is 10.2 Å². The highest BCUT2D eigenvalue weighted by molar-refractivity contribution is 7.89. The van der Waals surface area contributed by atoms with Gasteiger partial charge in [-0.25, -0.2) is 8.42 Å². The first-order valence-electron chi connectivity index (χ1n) is 10.4. The van der Waals surface area contributed by atoms with Gasteiger partial charge in [-0.05, 0) is 37.1 Å². The number of carbonyl (C=O) groups excluding carboxylic acids is 1. The standard InChI is InChI=1S/C23H25N3O5S2/c1-4-11-26-18-14-19(30-2)20(31-3)15-21(18)32-23(26)24-22(27)16-7-9-17(10-8-16)33(28,29)25-12-5-6-13-25/h4,7-10,14-15H,1,5-6,11-13H2,2-3H3. The lowest BCUT2D eigenvalue weighted by molar-refractivity contribution is 0.0997. The first-order valence-corrected chi connectivity index (χ1v) is 12.7. The van der Waals surface area contributed by atoms with Gasteiger partial charge in [0.2, 0.25) is 10.0 Å². The Morgan fingerprint density at radius 3 is 2.36 bits per heavy atom. The van der Waals surface area contributed by atoms with Gasteiger partial charge in [-0.15, -0.1) is 6.58 Å². The topological polar surface area (TPSA) is 90.2 Å². The number of thiazole rings is 1. The molecule has 174 valence electrons. The molecule has 10 heteroatoms. The Hall–Kier alpha value is -2.95. The summed E-state index contributed by atoms with van der Waals surface area (Å²) in [6, 6.07) is 9.64. The molecule has 8 nitrogen and oxygen atoms in total. The van der Waals surface area contributed by atoms with Crippen molar-refractivity contribution in [1.29, 1.82) is 0 Å². The van der Waals surface area contributed by atoms with Crippen LogP contribution in [0.4, 0.5) is 0 Å². The van der Waals surface area contributed by atoms with Crippen LogP contribution in [0.3, 0.4) is 0 Å². The molecule has 1 saturated heterocycles. The van der Waals surface area contributed by atoms with Gasteiger partial charge >= 0.3 is 0 Å². The average Bonchev–Trinajstić information content (AvgIpc) is 3.48. The van der Waals surface area contributed by atoms with E-state index in [1.807, 2.05) is 16.7 Å². The van der Waals surface area contributed by atoms with E-state index in [-0.39, 0.29) is 4.90 Å². The Morgan fingerprint density at radius 1 is 1.12 bits per heavy atom. The van der Waals surface area contributed by atoms with E-state index in [2.05, 4.69) is 11.6 Å². The molecule has 0 unspecified atom stereocenters. The van der Waals surface area contributed by atoms with Crippen LogP contribution in [-0.2, 0) is 16.6 Å². The Labute approximate surface area is 196 Å². The molecule has 1 aromatic heterocycles. The van der Waals surface area contributed by atoms with E-state index in [4.69, 9.17) is 9.47 Å². The normalized spacial score (nSPS) is 15.2. The fourth-order valence-electron chi connectivity index (χ4n) is 3.79. The van der Waals surface area contributed by atoms with Crippen molar-refractivity contribution < 1.29 is 22.7 Å². The minimum Gasteiger partial charge on any atom is -0.493 e. The lowest BCUT2D eigenvalue weighted by atomic mass is 10.2. The lowest BCUT2D eigenvalue weighted by Gasteiger charge is -2.15. The van der Waals surface area contributed by atoms with Gasteiger partial charge in [0, 0.05) is 37.3 Å². The molecule has 1 amide bonds. The molecule has 0 radical (unpaired) electrons. The molecule has 0 spiro atoms. The minimum absolute atomic E-state index is 0.184. The second-order valence-electron chi connectivity index (χ2n) is 7.51. The van der Waals surface area contributed by atoms with Crippen molar-refractivity contribution in [2.45, 2.75) is 24.3 Å². The molecule has 2 heterocycles. The van der Waals surface area contributed by atoms with Crippen LogP contribution >= 0.6 is 11.3 Å². The number of ether oxygens (including phenoxy) is 2. The zero-order valence-corrected chi connectivity index (χ0v) is 20.1. The van der Waals surface area contributed by atoms with Crippen molar-refractivity contribution in [3.63, 3.8) is 0 Å². The highest BCUT2D eigenvalue weighted by Gasteiger charge is 2.27. The van der Waals surface area contributed by atoms with Crippen molar-refractivity contribution in [2.75, 3.05) is 27.3 Å². The Bertz CT molecular complexity index is 1370. The lowest BCUT2D eigenvalue weighted by Crippen LogP contribution is -2.27. The van der Waals surface area contributed by atoms with Crippen LogP contribution in [0, 0.1) is 0 Å². The van der Waals surface area contributed by atoms with Crippen molar-refractivity contribution in [3.8, 4) is 11.5 Å². The van der Waals surface area contributed by atoms with E-state index in [0.717, 1.165) is 23.1 Å². The highest BCUT2D eigenvalue weighted by atomic mass is 32.2. The summed E-state index contributed by atoms with van der Waals surface area (Å²) < 4.78 is 40.4. The molecule has 0 N–H and O–H groups in total. The maximum absolute atomic E-state index is 12.9. The van der Waals surface area contributed by atoms with Crippen LogP contribution in [0.5, 0.6) is 11.5 Å². The van der Waals surface area contributed by atoms with Gasteiger partial charge in [-0.3, -0.25) is 4.79 Å². The fourth-order valence-corrected chi connectivity index (χ4v) is 6.35. The zero-order chi connectivity index (χ0) is 23.6. The Kier molecular flexibility index (Phi) is 6.68. The van der Waals surface area contributed by atoms with Gasteiger partial charge in [0.05, 0.1) is 29.3 Å². The number of carbonyl (C=O) groups is 1. The van der Waals surface area contributed by atoms with Gasteiger partial charge in [-0.1, -0.05) is 17.4 Å². The summed E-state index contributed by atoms with van der Waals surface area (Å²) >= 11 is 1.35. The number of aromatic nitrogens is 1. The summed E-state index contributed by atoms with van der Waals surface area (Å²) in [4.78, 5) is 17.9. The van der Waals surface area contributed by atoms with Gasteiger partial charge in [0.15, 0.2) is 16.3 Å². The molecule has 1 fully saturated rings. The first-order chi connectivity index (χ1) is 15.9. The molecule has 33 heavy (non-hydrogen) atoms. The SMILES string of the molecule is C=CCn1c(=NC(=O)c2ccc(S(=O)(=O)N3CCCC3)cc2)sc2cc(OC)c(OC)cc21. The summed E-state index contributed by atoms with van der Waals surface area (Å²) in [5.41, 5.74) is 1.16. The van der Waals surface area contributed by atoms with Crippen LogP contribution in [-0.4, -0.2) is 50.5 Å². The van der Waals surface area contributed by atoms with E-state index in [0.29, 0.717) is 41.5 Å². The molecule has 0 bridgehead atoms. The summed E-state index contributed by atoms with van der Waals surface area (Å²) in [5.74, 6) is 0.710. The van der Waals surface area contributed by atoms with Gasteiger partial charge in [0.25, 0.3) is 5.91 Å². The van der Waals surface area contributed by atoms with Crippen LogP contribution in [0.1, 0.15) is 23.2 Å². The number of hydrogen-bond acceptors (Lipinski definition) is 6. The minimum atomic E-state index is -3.53. The number of nitrogens with zero attached hydrogens (tertiary/aromatic N) is 3. The summed E-state index contributed by atoms with van der Waals surface area (Å²) in [5, 5.41) is 0. The highest BCUT2D eigenvalue weighted by Crippen LogP contribution is 2.33. The smallest absolute Gasteiger partial charge is 0.279 e. The maximum Gasteiger partial charge on any atom is 0.279 e. The first kappa shape index (κ1) is 23.2. The Balaban J connectivity index is 1.71. The number of benzene rings is 2. The second kappa shape index (κ2) is 9.50. The van der Waals surface area contributed by atoms with Crippen LogP contribution in [0.2, 0.25) is 0 Å². The van der Waals surface area contributed by atoms with Gasteiger partial charge < -0.3 is 14.0 Å². The number of rotatable bonds is 7. The van der Waals surface area contributed by atoms with E-state index in [9.17, 15) is 13.2 Å². The number of hydrogen-bond donors (Lipinski definition) is 0. The number of methoxy groups -OCH3 is 2. The molecular formula is C23H25N3O5S2. The van der Waals surface area contributed by atoms with Gasteiger partial charge in [0.1, 0.15) is 0 Å². The number of sulfonamides is 1. The average molecular weight is 488 g/mol. The fraction of sp³-hybridized carbons (Fsp3) is 0.304. The third kappa shape index (κ3) is 4.46. The molecule has 2 aromatic carbocycles. The van der Waals surface area contributed by atoms with Crippen LogP contribution in [0.15, 0.2) is 58.9 Å². The molecule has 3 aromatic rings. The van der Waals surface area contributed by atoms with Gasteiger partial charge in [-0.2, -0.15) is 9.30 Å². The third-order valence-electron chi connectivity index (χ3n) is 5.50. The Morgan fingerprint density at radius 2 is 1.76 bits per heavy atom. The third-order valence-corrected chi connectivity index (χ3v) is 8.46. The molecular weight excluding hydrogens is 462 g/mol. The van der Waals surface area contributed by atoms with E-state index in [1.54, 1.807) is 20.3 Å². The van der Waals surface area contributed by atoms with E-state index >= 15 is 0 Å². The summed E-state index contributed by atoms with van der Waals surface area (Å²) in [6.45, 7) is 5.32. The predicted molar refractivity (Wildman–Crippen MR) is 127 cm³/mol. The molecule has 0 atom stereocenters.